The maximum atomic E-state index is 12.2. The Hall–Kier alpha value is -0.660. The smallest absolute Gasteiger partial charge is 0.240 e. The second-order valence-corrected chi connectivity index (χ2v) is 6.47. The van der Waals surface area contributed by atoms with Gasteiger partial charge in [-0.1, -0.05) is 11.6 Å². The van der Waals surface area contributed by atoms with Gasteiger partial charge in [0.2, 0.25) is 10.0 Å². The van der Waals surface area contributed by atoms with Crippen LogP contribution in [-0.2, 0) is 21.4 Å². The van der Waals surface area contributed by atoms with E-state index in [0.29, 0.717) is 37.3 Å². The van der Waals surface area contributed by atoms with E-state index < -0.39 is 10.0 Å². The van der Waals surface area contributed by atoms with Crippen molar-refractivity contribution in [2.75, 3.05) is 19.8 Å². The fourth-order valence-electron chi connectivity index (χ4n) is 1.75. The minimum Gasteiger partial charge on any atom is -0.392 e. The standard InChI is InChI=1S/C13H20ClNO4S/c1-3-19-6-4-5-15-20(17,18)13-8-12(14)7-11(9-16)10(13)2/h7-8,15-16H,3-6,9H2,1-2H3. The summed E-state index contributed by atoms with van der Waals surface area (Å²) in [4.78, 5) is 0.102. The predicted octanol–water partition coefficient (Wildman–Crippen LogP) is 1.85. The van der Waals surface area contributed by atoms with Crippen LogP contribution in [0.25, 0.3) is 0 Å². The number of rotatable bonds is 8. The molecule has 0 spiro atoms. The van der Waals surface area contributed by atoms with Crippen molar-refractivity contribution >= 4 is 21.6 Å². The number of halogens is 1. The molecular formula is C13H20ClNO4S. The van der Waals surface area contributed by atoms with E-state index in [-0.39, 0.29) is 16.5 Å². The van der Waals surface area contributed by atoms with Gasteiger partial charge in [0.05, 0.1) is 11.5 Å². The van der Waals surface area contributed by atoms with Gasteiger partial charge in [0.1, 0.15) is 0 Å². The molecule has 0 atom stereocenters. The molecule has 1 aromatic carbocycles. The monoisotopic (exact) mass is 321 g/mol. The van der Waals surface area contributed by atoms with Gasteiger partial charge in [0, 0.05) is 24.8 Å². The summed E-state index contributed by atoms with van der Waals surface area (Å²) in [7, 11) is -3.63. The molecule has 20 heavy (non-hydrogen) atoms. The molecule has 0 amide bonds. The topological polar surface area (TPSA) is 75.6 Å². The molecule has 0 aliphatic rings. The molecule has 0 bridgehead atoms. The average Bonchev–Trinajstić information content (AvgIpc) is 2.40. The lowest BCUT2D eigenvalue weighted by Gasteiger charge is -2.12. The highest BCUT2D eigenvalue weighted by Gasteiger charge is 2.19. The summed E-state index contributed by atoms with van der Waals surface area (Å²) in [5.41, 5.74) is 1.02. The molecular weight excluding hydrogens is 302 g/mol. The van der Waals surface area contributed by atoms with Crippen molar-refractivity contribution in [3.8, 4) is 0 Å². The lowest BCUT2D eigenvalue weighted by atomic mass is 10.1. The van der Waals surface area contributed by atoms with Crippen LogP contribution in [0.15, 0.2) is 17.0 Å². The molecule has 0 aliphatic heterocycles. The highest BCUT2D eigenvalue weighted by atomic mass is 35.5. The fourth-order valence-corrected chi connectivity index (χ4v) is 3.44. The number of ether oxygens (including phenoxy) is 1. The van der Waals surface area contributed by atoms with Gasteiger partial charge in [0.25, 0.3) is 0 Å². The van der Waals surface area contributed by atoms with Gasteiger partial charge in [-0.05, 0) is 43.5 Å². The summed E-state index contributed by atoms with van der Waals surface area (Å²) in [6.07, 6.45) is 0.597. The van der Waals surface area contributed by atoms with E-state index in [1.807, 2.05) is 6.92 Å². The van der Waals surface area contributed by atoms with E-state index in [2.05, 4.69) is 4.72 Å². The second kappa shape index (κ2) is 7.95. The predicted molar refractivity (Wildman–Crippen MR) is 78.4 cm³/mol. The van der Waals surface area contributed by atoms with Crippen LogP contribution in [0, 0.1) is 6.92 Å². The SMILES string of the molecule is CCOCCCNS(=O)(=O)c1cc(Cl)cc(CO)c1C. The van der Waals surface area contributed by atoms with Gasteiger partial charge in [-0.15, -0.1) is 0 Å². The first-order valence-electron chi connectivity index (χ1n) is 6.39. The normalized spacial score (nSPS) is 11.8. The van der Waals surface area contributed by atoms with E-state index in [0.717, 1.165) is 0 Å². The zero-order valence-electron chi connectivity index (χ0n) is 11.6. The Kier molecular flexibility index (Phi) is 6.91. The van der Waals surface area contributed by atoms with Gasteiger partial charge in [0.15, 0.2) is 0 Å². The molecule has 114 valence electrons. The molecule has 0 radical (unpaired) electrons. The number of benzene rings is 1. The van der Waals surface area contributed by atoms with Crippen LogP contribution in [0.1, 0.15) is 24.5 Å². The third kappa shape index (κ3) is 4.71. The van der Waals surface area contributed by atoms with E-state index in [9.17, 15) is 13.5 Å². The van der Waals surface area contributed by atoms with Gasteiger partial charge < -0.3 is 9.84 Å². The van der Waals surface area contributed by atoms with Crippen molar-refractivity contribution < 1.29 is 18.3 Å². The molecule has 7 heteroatoms. The maximum absolute atomic E-state index is 12.2. The van der Waals surface area contributed by atoms with Crippen LogP contribution in [0.5, 0.6) is 0 Å². The zero-order chi connectivity index (χ0) is 15.2. The molecule has 0 aliphatic carbocycles. The number of hydrogen-bond acceptors (Lipinski definition) is 4. The Labute approximate surface area is 125 Å². The van der Waals surface area contributed by atoms with Gasteiger partial charge >= 0.3 is 0 Å². The van der Waals surface area contributed by atoms with Crippen LogP contribution in [0.4, 0.5) is 0 Å². The Morgan fingerprint density at radius 1 is 1.40 bits per heavy atom. The Morgan fingerprint density at radius 2 is 2.10 bits per heavy atom. The van der Waals surface area contributed by atoms with Crippen molar-refractivity contribution in [2.24, 2.45) is 0 Å². The summed E-state index contributed by atoms with van der Waals surface area (Å²) in [6, 6.07) is 2.95. The number of hydrogen-bond donors (Lipinski definition) is 2. The number of nitrogens with one attached hydrogen (secondary N) is 1. The quantitative estimate of drug-likeness (QED) is 0.716. The van der Waals surface area contributed by atoms with Crippen LogP contribution in [0.3, 0.4) is 0 Å². The van der Waals surface area contributed by atoms with E-state index in [4.69, 9.17) is 16.3 Å². The molecule has 0 unspecified atom stereocenters. The van der Waals surface area contributed by atoms with Gasteiger partial charge in [-0.25, -0.2) is 13.1 Å². The van der Waals surface area contributed by atoms with E-state index in [1.165, 1.54) is 6.07 Å². The van der Waals surface area contributed by atoms with Gasteiger partial charge in [-0.2, -0.15) is 0 Å². The molecule has 5 nitrogen and oxygen atoms in total. The van der Waals surface area contributed by atoms with Crippen molar-refractivity contribution in [3.63, 3.8) is 0 Å². The Balaban J connectivity index is 2.84. The molecule has 2 N–H and O–H groups in total. The Bertz CT molecular complexity index is 546. The van der Waals surface area contributed by atoms with E-state index in [1.54, 1.807) is 13.0 Å². The summed E-state index contributed by atoms with van der Waals surface area (Å²) in [5, 5.41) is 9.50. The fraction of sp³-hybridized carbons (Fsp3) is 0.538. The molecule has 0 saturated carbocycles. The average molecular weight is 322 g/mol. The number of aliphatic hydroxyl groups is 1. The lowest BCUT2D eigenvalue weighted by molar-refractivity contribution is 0.146. The van der Waals surface area contributed by atoms with Crippen molar-refractivity contribution in [1.82, 2.24) is 4.72 Å². The number of aliphatic hydroxyl groups excluding tert-OH is 1. The summed E-state index contributed by atoms with van der Waals surface area (Å²) in [6.45, 7) is 4.70. The summed E-state index contributed by atoms with van der Waals surface area (Å²) < 4.78 is 32.1. The van der Waals surface area contributed by atoms with Crippen LogP contribution >= 0.6 is 11.6 Å². The van der Waals surface area contributed by atoms with Crippen LogP contribution < -0.4 is 4.72 Å². The third-order valence-electron chi connectivity index (χ3n) is 2.85. The first kappa shape index (κ1) is 17.4. The minimum absolute atomic E-state index is 0.102. The molecule has 1 rings (SSSR count). The number of sulfonamides is 1. The molecule has 0 aromatic heterocycles. The molecule has 0 heterocycles. The second-order valence-electron chi connectivity index (χ2n) is 4.29. The molecule has 0 fully saturated rings. The van der Waals surface area contributed by atoms with E-state index >= 15 is 0 Å². The Morgan fingerprint density at radius 3 is 2.70 bits per heavy atom. The van der Waals surface area contributed by atoms with Crippen molar-refractivity contribution in [2.45, 2.75) is 31.8 Å². The summed E-state index contributed by atoms with van der Waals surface area (Å²) >= 11 is 5.89. The molecule has 0 saturated heterocycles. The zero-order valence-corrected chi connectivity index (χ0v) is 13.2. The highest BCUT2D eigenvalue weighted by molar-refractivity contribution is 7.89. The van der Waals surface area contributed by atoms with Crippen LogP contribution in [0.2, 0.25) is 5.02 Å². The first-order valence-corrected chi connectivity index (χ1v) is 8.25. The van der Waals surface area contributed by atoms with Crippen molar-refractivity contribution in [1.29, 1.82) is 0 Å². The lowest BCUT2D eigenvalue weighted by Crippen LogP contribution is -2.26. The third-order valence-corrected chi connectivity index (χ3v) is 4.66. The first-order chi connectivity index (χ1) is 9.42. The van der Waals surface area contributed by atoms with Crippen LogP contribution in [-0.4, -0.2) is 33.3 Å². The summed E-state index contributed by atoms with van der Waals surface area (Å²) in [5.74, 6) is 0. The minimum atomic E-state index is -3.63. The van der Waals surface area contributed by atoms with Gasteiger partial charge in [-0.3, -0.25) is 0 Å². The maximum Gasteiger partial charge on any atom is 0.240 e. The van der Waals surface area contributed by atoms with Crippen molar-refractivity contribution in [3.05, 3.63) is 28.3 Å². The largest absolute Gasteiger partial charge is 0.392 e. The highest BCUT2D eigenvalue weighted by Crippen LogP contribution is 2.24. The molecule has 1 aromatic rings.